The molecule has 1 heteroatoms. The molecule has 0 aliphatic rings. The van der Waals surface area contributed by atoms with E-state index in [0.29, 0.717) is 5.69 Å². The van der Waals surface area contributed by atoms with Crippen molar-refractivity contribution in [1.29, 1.82) is 0 Å². The third-order valence-electron chi connectivity index (χ3n) is 7.47. The number of hydrogen-bond acceptors (Lipinski definition) is 0. The molecule has 7 aromatic rings. The van der Waals surface area contributed by atoms with Gasteiger partial charge in [-0.05, 0) is 71.8 Å². The second kappa shape index (κ2) is 9.04. The maximum atomic E-state index is 7.52. The minimum Gasteiger partial charge on any atom is -0.238 e. The van der Waals surface area contributed by atoms with E-state index in [1.54, 1.807) is 0 Å². The maximum Gasteiger partial charge on any atom is 0.187 e. The van der Waals surface area contributed by atoms with Crippen LogP contribution in [0.2, 0.25) is 0 Å². The maximum absolute atomic E-state index is 7.52. The van der Waals surface area contributed by atoms with Crippen molar-refractivity contribution in [3.8, 4) is 33.4 Å². The van der Waals surface area contributed by atoms with Crippen molar-refractivity contribution in [3.63, 3.8) is 0 Å². The molecule has 0 heterocycles. The fourth-order valence-corrected chi connectivity index (χ4v) is 5.85. The van der Waals surface area contributed by atoms with E-state index >= 15 is 0 Å². The summed E-state index contributed by atoms with van der Waals surface area (Å²) in [6.07, 6.45) is 0. The number of benzene rings is 7. The SMILES string of the molecule is [C-]#[N+]c1cccc(-c2ccccc2-c2c3ccccc3c(-c3cccc4ccccc34)c3ccccc23)c1. The largest absolute Gasteiger partial charge is 0.238 e. The van der Waals surface area contributed by atoms with E-state index in [1.807, 2.05) is 18.2 Å². The average Bonchev–Trinajstić information content (AvgIpc) is 2.99. The molecule has 7 aromatic carbocycles. The molecule has 0 aliphatic carbocycles. The monoisotopic (exact) mass is 481 g/mol. The average molecular weight is 482 g/mol. The zero-order valence-corrected chi connectivity index (χ0v) is 20.7. The highest BCUT2D eigenvalue weighted by molar-refractivity contribution is 6.24. The summed E-state index contributed by atoms with van der Waals surface area (Å²) in [7, 11) is 0. The van der Waals surface area contributed by atoms with Gasteiger partial charge in [-0.25, -0.2) is 4.85 Å². The molecule has 0 aromatic heterocycles. The standard InChI is InChI=1S/C37H23N/c1-38-27-15-10-14-26(24-27)29-17-4-5-18-30(29)36-32-19-6-8-21-34(32)37(35-22-9-7-20-33(35)36)31-23-11-13-25-12-2-3-16-28(25)31/h2-24H. The van der Waals surface area contributed by atoms with Crippen molar-refractivity contribution >= 4 is 38.0 Å². The van der Waals surface area contributed by atoms with Gasteiger partial charge in [-0.15, -0.1) is 0 Å². The zero-order chi connectivity index (χ0) is 25.5. The fraction of sp³-hybridized carbons (Fsp3) is 0. The van der Waals surface area contributed by atoms with Crippen molar-refractivity contribution < 1.29 is 0 Å². The van der Waals surface area contributed by atoms with E-state index in [-0.39, 0.29) is 0 Å². The van der Waals surface area contributed by atoms with Crippen molar-refractivity contribution in [3.05, 3.63) is 151 Å². The van der Waals surface area contributed by atoms with Crippen LogP contribution in [0.4, 0.5) is 5.69 Å². The lowest BCUT2D eigenvalue weighted by Crippen LogP contribution is -1.93. The third kappa shape index (κ3) is 3.47. The van der Waals surface area contributed by atoms with E-state index in [9.17, 15) is 0 Å². The van der Waals surface area contributed by atoms with Crippen LogP contribution < -0.4 is 0 Å². The lowest BCUT2D eigenvalue weighted by atomic mass is 9.83. The van der Waals surface area contributed by atoms with Crippen LogP contribution in [0.15, 0.2) is 140 Å². The Kier molecular flexibility index (Phi) is 5.24. The molecular weight excluding hydrogens is 458 g/mol. The molecule has 0 unspecified atom stereocenters. The molecule has 38 heavy (non-hydrogen) atoms. The Bertz CT molecular complexity index is 1980. The highest BCUT2D eigenvalue weighted by atomic mass is 14.6. The van der Waals surface area contributed by atoms with Gasteiger partial charge in [-0.3, -0.25) is 0 Å². The molecule has 0 atom stereocenters. The molecule has 1 nitrogen and oxygen atoms in total. The quantitative estimate of drug-likeness (QED) is 0.175. The van der Waals surface area contributed by atoms with E-state index in [4.69, 9.17) is 6.57 Å². The summed E-state index contributed by atoms with van der Waals surface area (Å²) in [5.41, 5.74) is 7.75. The molecule has 0 spiro atoms. The molecule has 0 fully saturated rings. The van der Waals surface area contributed by atoms with E-state index in [2.05, 4.69) is 126 Å². The fourth-order valence-electron chi connectivity index (χ4n) is 5.85. The minimum atomic E-state index is 0.651. The Morgan fingerprint density at radius 2 is 0.868 bits per heavy atom. The first-order chi connectivity index (χ1) is 18.8. The summed E-state index contributed by atoms with van der Waals surface area (Å²) in [6.45, 7) is 7.52. The van der Waals surface area contributed by atoms with Crippen molar-refractivity contribution in [1.82, 2.24) is 0 Å². The van der Waals surface area contributed by atoms with Crippen LogP contribution in [-0.2, 0) is 0 Å². The van der Waals surface area contributed by atoms with E-state index in [0.717, 1.165) is 11.1 Å². The van der Waals surface area contributed by atoms with Crippen LogP contribution in [0.25, 0.3) is 70.5 Å². The molecule has 0 aliphatic heterocycles. The Balaban J connectivity index is 1.63. The lowest BCUT2D eigenvalue weighted by molar-refractivity contribution is 1.61. The molecular formula is C37H23N. The predicted octanol–water partition coefficient (Wildman–Crippen LogP) is 10.7. The van der Waals surface area contributed by atoms with Crippen LogP contribution in [-0.4, -0.2) is 0 Å². The third-order valence-corrected chi connectivity index (χ3v) is 7.47. The van der Waals surface area contributed by atoms with Gasteiger partial charge >= 0.3 is 0 Å². The number of nitrogens with zero attached hydrogens (tertiary/aromatic N) is 1. The highest BCUT2D eigenvalue weighted by Gasteiger charge is 2.19. The van der Waals surface area contributed by atoms with Gasteiger partial charge in [0.25, 0.3) is 0 Å². The Morgan fingerprint density at radius 3 is 1.53 bits per heavy atom. The summed E-state index contributed by atoms with van der Waals surface area (Å²) in [6, 6.07) is 49.3. The predicted molar refractivity (Wildman–Crippen MR) is 162 cm³/mol. The van der Waals surface area contributed by atoms with Crippen LogP contribution in [0, 0.1) is 6.57 Å². The Labute approximate surface area is 222 Å². The first-order valence-corrected chi connectivity index (χ1v) is 12.8. The van der Waals surface area contributed by atoms with Crippen molar-refractivity contribution in [2.45, 2.75) is 0 Å². The zero-order valence-electron chi connectivity index (χ0n) is 20.7. The van der Waals surface area contributed by atoms with Crippen LogP contribution in [0.5, 0.6) is 0 Å². The summed E-state index contributed by atoms with van der Waals surface area (Å²) < 4.78 is 0. The summed E-state index contributed by atoms with van der Waals surface area (Å²) in [5, 5.41) is 7.43. The first-order valence-electron chi connectivity index (χ1n) is 12.8. The molecule has 0 radical (unpaired) electrons. The summed E-state index contributed by atoms with van der Waals surface area (Å²) in [5.74, 6) is 0. The van der Waals surface area contributed by atoms with E-state index in [1.165, 1.54) is 54.6 Å². The number of fused-ring (bicyclic) bond motifs is 3. The van der Waals surface area contributed by atoms with Gasteiger partial charge in [-0.1, -0.05) is 133 Å². The second-order valence-electron chi connectivity index (χ2n) is 9.58. The van der Waals surface area contributed by atoms with Crippen molar-refractivity contribution in [2.75, 3.05) is 0 Å². The van der Waals surface area contributed by atoms with Gasteiger partial charge in [0.05, 0.1) is 6.57 Å². The molecule has 0 amide bonds. The summed E-state index contributed by atoms with van der Waals surface area (Å²) in [4.78, 5) is 3.68. The highest BCUT2D eigenvalue weighted by Crippen LogP contribution is 2.47. The van der Waals surface area contributed by atoms with Crippen LogP contribution >= 0.6 is 0 Å². The number of rotatable bonds is 3. The smallest absolute Gasteiger partial charge is 0.187 e. The van der Waals surface area contributed by atoms with Gasteiger partial charge < -0.3 is 0 Å². The molecule has 0 bridgehead atoms. The van der Waals surface area contributed by atoms with Gasteiger partial charge in [0.15, 0.2) is 5.69 Å². The molecule has 7 rings (SSSR count). The van der Waals surface area contributed by atoms with E-state index < -0.39 is 0 Å². The Hall–Kier alpha value is -5.19. The van der Waals surface area contributed by atoms with Crippen LogP contribution in [0.1, 0.15) is 0 Å². The van der Waals surface area contributed by atoms with Gasteiger partial charge in [0, 0.05) is 0 Å². The second-order valence-corrected chi connectivity index (χ2v) is 9.58. The van der Waals surface area contributed by atoms with Gasteiger partial charge in [0.2, 0.25) is 0 Å². The molecule has 0 saturated carbocycles. The molecule has 0 saturated heterocycles. The topological polar surface area (TPSA) is 4.36 Å². The normalized spacial score (nSPS) is 11.1. The van der Waals surface area contributed by atoms with Crippen molar-refractivity contribution in [2.24, 2.45) is 0 Å². The first kappa shape index (κ1) is 22.0. The number of hydrogen-bond donors (Lipinski definition) is 0. The van der Waals surface area contributed by atoms with Gasteiger partial charge in [-0.2, -0.15) is 0 Å². The van der Waals surface area contributed by atoms with Crippen LogP contribution in [0.3, 0.4) is 0 Å². The Morgan fingerprint density at radius 1 is 0.395 bits per heavy atom. The molecule has 0 N–H and O–H groups in total. The lowest BCUT2D eigenvalue weighted by Gasteiger charge is -2.20. The molecule has 176 valence electrons. The summed E-state index contributed by atoms with van der Waals surface area (Å²) >= 11 is 0. The van der Waals surface area contributed by atoms with Gasteiger partial charge in [0.1, 0.15) is 0 Å². The minimum absolute atomic E-state index is 0.651.